The molecule has 5 rings (SSSR count). The van der Waals surface area contributed by atoms with E-state index in [0.717, 1.165) is 102 Å². The van der Waals surface area contributed by atoms with E-state index in [1.807, 2.05) is 0 Å². The number of anilines is 3. The normalized spacial score (nSPS) is 21.4. The van der Waals surface area contributed by atoms with Crippen LogP contribution in [0.25, 0.3) is 11.0 Å². The van der Waals surface area contributed by atoms with Crippen molar-refractivity contribution in [1.29, 1.82) is 0 Å². The smallest absolute Gasteiger partial charge is 0.165 e. The van der Waals surface area contributed by atoms with Gasteiger partial charge in [0.15, 0.2) is 5.65 Å². The van der Waals surface area contributed by atoms with Crippen molar-refractivity contribution in [3.8, 4) is 0 Å². The van der Waals surface area contributed by atoms with Crippen LogP contribution in [0.2, 0.25) is 0 Å². The Bertz CT molecular complexity index is 810. The molecule has 28 heavy (non-hydrogen) atoms. The van der Waals surface area contributed by atoms with Crippen molar-refractivity contribution in [2.24, 2.45) is 0 Å². The molecule has 0 N–H and O–H groups in total. The molecule has 2 aromatic rings. The lowest BCUT2D eigenvalue weighted by Gasteiger charge is -2.33. The molecule has 0 saturated carbocycles. The van der Waals surface area contributed by atoms with E-state index in [1.54, 1.807) is 0 Å². The lowest BCUT2D eigenvalue weighted by molar-refractivity contribution is 0.122. The van der Waals surface area contributed by atoms with Crippen molar-refractivity contribution in [3.05, 3.63) is 18.2 Å². The van der Waals surface area contributed by atoms with E-state index in [9.17, 15) is 0 Å². The summed E-state index contributed by atoms with van der Waals surface area (Å²) in [5.41, 5.74) is 2.02. The molecule has 8 heteroatoms. The number of hydrogen-bond acceptors (Lipinski definition) is 8. The van der Waals surface area contributed by atoms with Gasteiger partial charge in [0.2, 0.25) is 0 Å². The molecule has 3 aliphatic rings. The van der Waals surface area contributed by atoms with Crippen LogP contribution in [0.5, 0.6) is 0 Å². The third-order valence-electron chi connectivity index (χ3n) is 5.64. The van der Waals surface area contributed by atoms with Gasteiger partial charge >= 0.3 is 0 Å². The average Bonchev–Trinajstić information content (AvgIpc) is 2.79. The van der Waals surface area contributed by atoms with Crippen molar-refractivity contribution in [2.75, 3.05) is 93.6 Å². The molecule has 0 aromatic carbocycles. The fourth-order valence-corrected chi connectivity index (χ4v) is 4.05. The number of ether oxygens (including phenoxy) is 3. The second-order valence-corrected chi connectivity index (χ2v) is 7.34. The number of aromatic nitrogens is 2. The Morgan fingerprint density at radius 2 is 1.11 bits per heavy atom. The van der Waals surface area contributed by atoms with Gasteiger partial charge in [0.1, 0.15) is 11.6 Å². The SMILES string of the molecule is c1cc2c(N3CCOCC3)cc(N3CCOCC3)nc2nc1N1CCOCC1. The third kappa shape index (κ3) is 3.59. The van der Waals surface area contributed by atoms with Gasteiger partial charge in [-0.15, -0.1) is 0 Å². The number of hydrogen-bond donors (Lipinski definition) is 0. The van der Waals surface area contributed by atoms with Gasteiger partial charge < -0.3 is 28.9 Å². The van der Waals surface area contributed by atoms with Crippen molar-refractivity contribution in [3.63, 3.8) is 0 Å². The molecule has 0 unspecified atom stereocenters. The molecule has 0 aliphatic carbocycles. The Labute approximate surface area is 165 Å². The number of morpholine rings is 3. The monoisotopic (exact) mass is 385 g/mol. The molecular weight excluding hydrogens is 358 g/mol. The standard InChI is InChI=1S/C20H27N5O3/c1-2-18(24-5-11-27-12-6-24)21-20-16(1)17(23-3-9-26-10-4-23)15-19(22-20)25-7-13-28-14-8-25/h1-2,15H,3-14H2. The summed E-state index contributed by atoms with van der Waals surface area (Å²) < 4.78 is 16.6. The molecule has 2 aromatic heterocycles. The van der Waals surface area contributed by atoms with E-state index in [-0.39, 0.29) is 0 Å². The zero-order valence-electron chi connectivity index (χ0n) is 16.2. The van der Waals surface area contributed by atoms with Gasteiger partial charge in [-0.1, -0.05) is 0 Å². The first-order valence-electron chi connectivity index (χ1n) is 10.2. The minimum Gasteiger partial charge on any atom is -0.378 e. The van der Waals surface area contributed by atoms with E-state index in [0.29, 0.717) is 0 Å². The van der Waals surface area contributed by atoms with Crippen LogP contribution in [-0.2, 0) is 14.2 Å². The van der Waals surface area contributed by atoms with Crippen molar-refractivity contribution in [2.45, 2.75) is 0 Å². The van der Waals surface area contributed by atoms with Gasteiger partial charge in [0, 0.05) is 50.7 Å². The first-order valence-corrected chi connectivity index (χ1v) is 10.2. The summed E-state index contributed by atoms with van der Waals surface area (Å²) in [4.78, 5) is 16.9. The summed E-state index contributed by atoms with van der Waals surface area (Å²) >= 11 is 0. The van der Waals surface area contributed by atoms with Gasteiger partial charge in [-0.05, 0) is 12.1 Å². The summed E-state index contributed by atoms with van der Waals surface area (Å²) in [5, 5.41) is 1.11. The van der Waals surface area contributed by atoms with Gasteiger partial charge in [0.25, 0.3) is 0 Å². The van der Waals surface area contributed by atoms with E-state index >= 15 is 0 Å². The zero-order valence-corrected chi connectivity index (χ0v) is 16.2. The average molecular weight is 385 g/mol. The molecule has 3 fully saturated rings. The minimum absolute atomic E-state index is 0.744. The van der Waals surface area contributed by atoms with E-state index in [1.165, 1.54) is 5.69 Å². The Kier molecular flexibility index (Phi) is 5.16. The molecule has 0 atom stereocenters. The summed E-state index contributed by atoms with van der Waals surface area (Å²) in [5.74, 6) is 1.97. The molecule has 150 valence electrons. The molecule has 0 spiro atoms. The second-order valence-electron chi connectivity index (χ2n) is 7.34. The summed E-state index contributed by atoms with van der Waals surface area (Å²) in [6.07, 6.45) is 0. The predicted molar refractivity (Wildman–Crippen MR) is 109 cm³/mol. The number of rotatable bonds is 3. The number of nitrogens with zero attached hydrogens (tertiary/aromatic N) is 5. The van der Waals surface area contributed by atoms with E-state index in [2.05, 4.69) is 32.9 Å². The van der Waals surface area contributed by atoms with Crippen molar-refractivity contribution < 1.29 is 14.2 Å². The van der Waals surface area contributed by atoms with Crippen LogP contribution < -0.4 is 14.7 Å². The number of fused-ring (bicyclic) bond motifs is 1. The highest BCUT2D eigenvalue weighted by atomic mass is 16.5. The van der Waals surface area contributed by atoms with E-state index in [4.69, 9.17) is 24.2 Å². The first kappa shape index (κ1) is 17.9. The van der Waals surface area contributed by atoms with Crippen LogP contribution in [0.1, 0.15) is 0 Å². The van der Waals surface area contributed by atoms with E-state index < -0.39 is 0 Å². The Hall–Kier alpha value is -2.16. The molecule has 0 radical (unpaired) electrons. The summed E-state index contributed by atoms with van der Waals surface area (Å²) in [7, 11) is 0. The zero-order chi connectivity index (χ0) is 18.8. The molecule has 0 bridgehead atoms. The molecule has 3 aliphatic heterocycles. The Morgan fingerprint density at radius 3 is 1.71 bits per heavy atom. The van der Waals surface area contributed by atoms with Gasteiger partial charge in [-0.2, -0.15) is 0 Å². The maximum absolute atomic E-state index is 5.56. The Morgan fingerprint density at radius 1 is 0.607 bits per heavy atom. The third-order valence-corrected chi connectivity index (χ3v) is 5.64. The molecule has 0 amide bonds. The van der Waals surface area contributed by atoms with Crippen LogP contribution in [0.3, 0.4) is 0 Å². The molecular formula is C20H27N5O3. The van der Waals surface area contributed by atoms with Crippen LogP contribution in [0.15, 0.2) is 18.2 Å². The highest BCUT2D eigenvalue weighted by molar-refractivity contribution is 5.92. The number of pyridine rings is 2. The minimum atomic E-state index is 0.744. The van der Waals surface area contributed by atoms with Crippen molar-refractivity contribution >= 4 is 28.4 Å². The van der Waals surface area contributed by atoms with Gasteiger partial charge in [-0.25, -0.2) is 9.97 Å². The summed E-state index contributed by atoms with van der Waals surface area (Å²) in [6.45, 7) is 9.78. The Balaban J connectivity index is 1.56. The predicted octanol–water partition coefficient (Wildman–Crippen LogP) is 1.14. The summed E-state index contributed by atoms with van der Waals surface area (Å²) in [6, 6.07) is 6.51. The lowest BCUT2D eigenvalue weighted by atomic mass is 10.2. The van der Waals surface area contributed by atoms with Crippen molar-refractivity contribution in [1.82, 2.24) is 9.97 Å². The van der Waals surface area contributed by atoms with Gasteiger partial charge in [0.05, 0.1) is 45.3 Å². The maximum Gasteiger partial charge on any atom is 0.165 e. The second kappa shape index (κ2) is 8.06. The quantitative estimate of drug-likeness (QED) is 0.780. The topological polar surface area (TPSA) is 63.2 Å². The fourth-order valence-electron chi connectivity index (χ4n) is 4.05. The highest BCUT2D eigenvalue weighted by Gasteiger charge is 2.21. The lowest BCUT2D eigenvalue weighted by Crippen LogP contribution is -2.38. The maximum atomic E-state index is 5.56. The van der Waals surface area contributed by atoms with Crippen LogP contribution >= 0.6 is 0 Å². The van der Waals surface area contributed by atoms with Gasteiger partial charge in [-0.3, -0.25) is 0 Å². The van der Waals surface area contributed by atoms with Crippen LogP contribution in [0, 0.1) is 0 Å². The first-order chi connectivity index (χ1) is 13.9. The highest BCUT2D eigenvalue weighted by Crippen LogP contribution is 2.32. The molecule has 8 nitrogen and oxygen atoms in total. The largest absolute Gasteiger partial charge is 0.378 e. The molecule has 5 heterocycles. The fraction of sp³-hybridized carbons (Fsp3) is 0.600. The molecule has 3 saturated heterocycles. The van der Waals surface area contributed by atoms with Crippen LogP contribution in [0.4, 0.5) is 17.3 Å². The van der Waals surface area contributed by atoms with Crippen LogP contribution in [-0.4, -0.2) is 88.9 Å².